The van der Waals surface area contributed by atoms with Crippen molar-refractivity contribution in [2.75, 3.05) is 0 Å². The van der Waals surface area contributed by atoms with Crippen LogP contribution in [0.2, 0.25) is 0 Å². The van der Waals surface area contributed by atoms with Gasteiger partial charge in [0.15, 0.2) is 0 Å². The van der Waals surface area contributed by atoms with E-state index in [4.69, 9.17) is 0 Å². The molecular formula is C25H15. The van der Waals surface area contributed by atoms with Crippen molar-refractivity contribution in [3.63, 3.8) is 0 Å². The van der Waals surface area contributed by atoms with Crippen LogP contribution in [0.3, 0.4) is 0 Å². The summed E-state index contributed by atoms with van der Waals surface area (Å²) in [6.45, 7) is 0. The first kappa shape index (κ1) is 13.2. The highest BCUT2D eigenvalue weighted by atomic mass is 14.4. The van der Waals surface area contributed by atoms with Gasteiger partial charge in [-0.1, -0.05) is 85.0 Å². The van der Waals surface area contributed by atoms with E-state index in [-0.39, 0.29) is 5.41 Å². The molecule has 1 atom stereocenters. The van der Waals surface area contributed by atoms with Gasteiger partial charge in [0.05, 0.1) is 5.41 Å². The van der Waals surface area contributed by atoms with Crippen LogP contribution in [0, 0.1) is 11.5 Å². The molecule has 0 N–H and O–H groups in total. The summed E-state index contributed by atoms with van der Waals surface area (Å²) in [6, 6.07) is 17.2. The Hall–Kier alpha value is -3.12. The van der Waals surface area contributed by atoms with Crippen molar-refractivity contribution in [3.8, 4) is 0 Å². The Balaban J connectivity index is 1.56. The van der Waals surface area contributed by atoms with E-state index in [1.165, 1.54) is 44.5 Å². The molecule has 0 fully saturated rings. The van der Waals surface area contributed by atoms with Crippen LogP contribution in [0.15, 0.2) is 96.1 Å². The summed E-state index contributed by atoms with van der Waals surface area (Å²) in [5.41, 5.74) is 10.2. The van der Waals surface area contributed by atoms with Crippen LogP contribution in [0.4, 0.5) is 0 Å². The fourth-order valence-corrected chi connectivity index (χ4v) is 4.43. The Morgan fingerprint density at radius 1 is 0.800 bits per heavy atom. The van der Waals surface area contributed by atoms with E-state index in [0.717, 1.165) is 0 Å². The lowest BCUT2D eigenvalue weighted by Gasteiger charge is -2.33. The third-order valence-corrected chi connectivity index (χ3v) is 5.63. The fourth-order valence-electron chi connectivity index (χ4n) is 4.43. The van der Waals surface area contributed by atoms with Crippen molar-refractivity contribution in [1.29, 1.82) is 0 Å². The summed E-state index contributed by atoms with van der Waals surface area (Å²) in [6.07, 6.45) is 19.6. The topological polar surface area (TPSA) is 0 Å². The van der Waals surface area contributed by atoms with Crippen molar-refractivity contribution in [2.24, 2.45) is 5.41 Å². The molecule has 0 heteroatoms. The zero-order chi connectivity index (χ0) is 16.4. The van der Waals surface area contributed by atoms with Gasteiger partial charge in [0.25, 0.3) is 0 Å². The molecule has 2 aromatic carbocycles. The maximum Gasteiger partial charge on any atom is 0.0515 e. The largest absolute Gasteiger partial charge is 0.0663 e. The van der Waals surface area contributed by atoms with Crippen molar-refractivity contribution >= 4 is 17.2 Å². The highest BCUT2D eigenvalue weighted by Gasteiger charge is 2.38. The molecule has 0 nitrogen and oxygen atoms in total. The monoisotopic (exact) mass is 315 g/mol. The number of fused-ring (bicyclic) bond motifs is 7. The molecule has 0 heterocycles. The van der Waals surface area contributed by atoms with Gasteiger partial charge in [-0.25, -0.2) is 0 Å². The van der Waals surface area contributed by atoms with E-state index < -0.39 is 0 Å². The molecule has 0 bridgehead atoms. The zero-order valence-corrected chi connectivity index (χ0v) is 13.7. The summed E-state index contributed by atoms with van der Waals surface area (Å²) >= 11 is 0. The maximum atomic E-state index is 3.54. The van der Waals surface area contributed by atoms with Crippen LogP contribution in [0.5, 0.6) is 0 Å². The van der Waals surface area contributed by atoms with Gasteiger partial charge in [-0.3, -0.25) is 0 Å². The fraction of sp³-hybridized carbons (Fsp3) is 0.0400. The number of benzene rings is 2. The minimum absolute atomic E-state index is 0.166. The van der Waals surface area contributed by atoms with Crippen molar-refractivity contribution in [1.82, 2.24) is 0 Å². The normalized spacial score (nSPS) is 24.0. The minimum atomic E-state index is -0.166. The van der Waals surface area contributed by atoms with Crippen molar-refractivity contribution < 1.29 is 0 Å². The van der Waals surface area contributed by atoms with Crippen molar-refractivity contribution in [3.05, 3.63) is 124 Å². The van der Waals surface area contributed by atoms with Crippen LogP contribution in [0.1, 0.15) is 22.3 Å². The zero-order valence-electron chi connectivity index (χ0n) is 13.7. The SMILES string of the molecule is [C]1=C2C=CC3(C=CC=C4C3=Cc3ccccc34)C=C2c2ccccc21. The molecule has 25 heavy (non-hydrogen) atoms. The first-order chi connectivity index (χ1) is 12.3. The summed E-state index contributed by atoms with van der Waals surface area (Å²) in [5, 5.41) is 0. The smallest absolute Gasteiger partial charge is 0.0515 e. The molecular weight excluding hydrogens is 300 g/mol. The lowest BCUT2D eigenvalue weighted by molar-refractivity contribution is 0.781. The number of allylic oxidation sites excluding steroid dienone is 10. The second kappa shape index (κ2) is 4.49. The molecule has 0 amide bonds. The van der Waals surface area contributed by atoms with Gasteiger partial charge in [0.1, 0.15) is 0 Å². The number of hydrogen-bond acceptors (Lipinski definition) is 0. The average molecular weight is 315 g/mol. The highest BCUT2D eigenvalue weighted by Crippen LogP contribution is 2.53. The predicted molar refractivity (Wildman–Crippen MR) is 103 cm³/mol. The van der Waals surface area contributed by atoms with Gasteiger partial charge in [-0.15, -0.1) is 0 Å². The van der Waals surface area contributed by atoms with Crippen LogP contribution in [0.25, 0.3) is 17.2 Å². The second-order valence-corrected chi connectivity index (χ2v) is 6.99. The summed E-state index contributed by atoms with van der Waals surface area (Å²) < 4.78 is 0. The standard InChI is InChI=1S/C25H15/c1-4-9-21-17(6-1)14-19-11-13-25(16-23(19)21)12-5-10-22-20-8-3-2-7-18(20)15-24(22)25/h1-13,15-16H. The van der Waals surface area contributed by atoms with Gasteiger partial charge in [0.2, 0.25) is 0 Å². The predicted octanol–water partition coefficient (Wildman–Crippen LogP) is 5.77. The molecule has 4 aliphatic rings. The van der Waals surface area contributed by atoms with E-state index in [1.807, 2.05) is 0 Å². The molecule has 1 radical (unpaired) electrons. The van der Waals surface area contributed by atoms with E-state index in [2.05, 4.69) is 97.1 Å². The first-order valence-corrected chi connectivity index (χ1v) is 8.71. The van der Waals surface area contributed by atoms with Crippen molar-refractivity contribution in [2.45, 2.75) is 0 Å². The Morgan fingerprint density at radius 2 is 1.64 bits per heavy atom. The van der Waals surface area contributed by atoms with Crippen LogP contribution < -0.4 is 0 Å². The Kier molecular flexibility index (Phi) is 2.37. The van der Waals surface area contributed by atoms with E-state index in [0.29, 0.717) is 0 Å². The number of hydrogen-bond donors (Lipinski definition) is 0. The summed E-state index contributed by atoms with van der Waals surface area (Å²) in [7, 11) is 0. The van der Waals surface area contributed by atoms with Gasteiger partial charge in [-0.2, -0.15) is 0 Å². The van der Waals surface area contributed by atoms with Gasteiger partial charge >= 0.3 is 0 Å². The Morgan fingerprint density at radius 3 is 2.60 bits per heavy atom. The Bertz CT molecular complexity index is 1130. The molecule has 2 aromatic rings. The highest BCUT2D eigenvalue weighted by molar-refractivity contribution is 6.00. The molecule has 6 rings (SSSR count). The first-order valence-electron chi connectivity index (χ1n) is 8.71. The third kappa shape index (κ3) is 1.66. The lowest BCUT2D eigenvalue weighted by atomic mass is 9.70. The molecule has 4 aliphatic carbocycles. The van der Waals surface area contributed by atoms with E-state index >= 15 is 0 Å². The van der Waals surface area contributed by atoms with Gasteiger partial charge in [0, 0.05) is 0 Å². The van der Waals surface area contributed by atoms with Crippen LogP contribution >= 0.6 is 0 Å². The lowest BCUT2D eigenvalue weighted by Crippen LogP contribution is -2.20. The minimum Gasteiger partial charge on any atom is -0.0663 e. The van der Waals surface area contributed by atoms with Crippen LogP contribution in [-0.4, -0.2) is 0 Å². The third-order valence-electron chi connectivity index (χ3n) is 5.63. The second-order valence-electron chi connectivity index (χ2n) is 6.99. The summed E-state index contributed by atoms with van der Waals surface area (Å²) in [5.74, 6) is 0. The molecule has 1 unspecified atom stereocenters. The van der Waals surface area contributed by atoms with Crippen LogP contribution in [-0.2, 0) is 0 Å². The molecule has 115 valence electrons. The Labute approximate surface area is 147 Å². The van der Waals surface area contributed by atoms with E-state index in [1.54, 1.807) is 0 Å². The van der Waals surface area contributed by atoms with Gasteiger partial charge < -0.3 is 0 Å². The maximum absolute atomic E-state index is 3.54. The molecule has 0 saturated heterocycles. The van der Waals surface area contributed by atoms with Gasteiger partial charge in [-0.05, 0) is 56.7 Å². The molecule has 0 saturated carbocycles. The molecule has 0 aromatic heterocycles. The van der Waals surface area contributed by atoms with E-state index in [9.17, 15) is 0 Å². The average Bonchev–Trinajstić information content (AvgIpc) is 3.21. The molecule has 0 aliphatic heterocycles. The summed E-state index contributed by atoms with van der Waals surface area (Å²) in [4.78, 5) is 0. The molecule has 1 spiro atoms. The quantitative estimate of drug-likeness (QED) is 0.579. The number of rotatable bonds is 0.